The fraction of sp³-hybridized carbons (Fsp3) is 0.190. The van der Waals surface area contributed by atoms with Crippen molar-refractivity contribution < 1.29 is 22.4 Å². The average Bonchev–Trinajstić information content (AvgIpc) is 2.95. The number of halogens is 1. The molecule has 0 bridgehead atoms. The van der Waals surface area contributed by atoms with Crippen molar-refractivity contribution in [1.82, 2.24) is 0 Å². The van der Waals surface area contributed by atoms with Gasteiger partial charge in [-0.25, -0.2) is 8.42 Å². The van der Waals surface area contributed by atoms with E-state index in [0.717, 1.165) is 10.0 Å². The van der Waals surface area contributed by atoms with Crippen LogP contribution in [0.25, 0.3) is 0 Å². The van der Waals surface area contributed by atoms with Crippen LogP contribution in [-0.2, 0) is 10.0 Å². The summed E-state index contributed by atoms with van der Waals surface area (Å²) < 4.78 is 40.0. The standard InChI is InChI=1S/C21H21BrN2O5S/c1-12-13(2)29-14(3)20(12)21(25)23-17-9-10-18(28-4)19(11-17)30(26,27)24-16-7-5-15(22)6-8-16/h5-11,24H,1-4H3,(H,23,25). The predicted molar refractivity (Wildman–Crippen MR) is 119 cm³/mol. The lowest BCUT2D eigenvalue weighted by Crippen LogP contribution is -2.16. The lowest BCUT2D eigenvalue weighted by atomic mass is 10.1. The van der Waals surface area contributed by atoms with Gasteiger partial charge in [-0.05, 0) is 63.2 Å². The Morgan fingerprint density at radius 3 is 2.20 bits per heavy atom. The van der Waals surface area contributed by atoms with E-state index in [1.165, 1.54) is 19.2 Å². The maximum atomic E-state index is 13.0. The summed E-state index contributed by atoms with van der Waals surface area (Å²) in [6, 6.07) is 11.1. The van der Waals surface area contributed by atoms with Crippen LogP contribution in [0.2, 0.25) is 0 Å². The largest absolute Gasteiger partial charge is 0.495 e. The number of ether oxygens (including phenoxy) is 1. The minimum atomic E-state index is -3.96. The third-order valence-corrected chi connectivity index (χ3v) is 6.53. The van der Waals surface area contributed by atoms with E-state index in [9.17, 15) is 13.2 Å². The number of rotatable bonds is 6. The highest BCUT2D eigenvalue weighted by Gasteiger charge is 2.23. The first kappa shape index (κ1) is 21.9. The molecule has 1 aromatic heterocycles. The van der Waals surface area contributed by atoms with E-state index in [1.807, 2.05) is 0 Å². The average molecular weight is 493 g/mol. The molecule has 7 nitrogen and oxygen atoms in total. The van der Waals surface area contributed by atoms with Gasteiger partial charge >= 0.3 is 0 Å². The normalized spacial score (nSPS) is 11.2. The number of anilines is 2. The quantitative estimate of drug-likeness (QED) is 0.502. The zero-order chi connectivity index (χ0) is 22.1. The van der Waals surface area contributed by atoms with Crippen molar-refractivity contribution in [3.63, 3.8) is 0 Å². The van der Waals surface area contributed by atoms with Crippen molar-refractivity contribution in [2.45, 2.75) is 25.7 Å². The third-order valence-electron chi connectivity index (χ3n) is 4.60. The monoisotopic (exact) mass is 492 g/mol. The van der Waals surface area contributed by atoms with Crippen LogP contribution in [0.4, 0.5) is 11.4 Å². The number of hydrogen-bond donors (Lipinski definition) is 2. The number of methoxy groups -OCH3 is 1. The van der Waals surface area contributed by atoms with Crippen molar-refractivity contribution >= 4 is 43.2 Å². The zero-order valence-electron chi connectivity index (χ0n) is 16.9. The topological polar surface area (TPSA) is 97.6 Å². The van der Waals surface area contributed by atoms with Crippen LogP contribution in [0.3, 0.4) is 0 Å². The SMILES string of the molecule is COc1ccc(NC(=O)c2c(C)oc(C)c2C)cc1S(=O)(=O)Nc1ccc(Br)cc1. The number of sulfonamides is 1. The highest BCUT2D eigenvalue weighted by atomic mass is 79.9. The van der Waals surface area contributed by atoms with E-state index in [1.54, 1.807) is 51.1 Å². The van der Waals surface area contributed by atoms with Crippen LogP contribution in [-0.4, -0.2) is 21.4 Å². The molecule has 0 saturated heterocycles. The van der Waals surface area contributed by atoms with Gasteiger partial charge in [0.05, 0.1) is 12.7 Å². The predicted octanol–water partition coefficient (Wildman–Crippen LogP) is 5.03. The van der Waals surface area contributed by atoms with Gasteiger partial charge in [-0.1, -0.05) is 15.9 Å². The van der Waals surface area contributed by atoms with Crippen molar-refractivity contribution in [2.75, 3.05) is 17.1 Å². The van der Waals surface area contributed by atoms with Gasteiger partial charge in [-0.15, -0.1) is 0 Å². The molecule has 0 aliphatic rings. The minimum absolute atomic E-state index is 0.0949. The lowest BCUT2D eigenvalue weighted by Gasteiger charge is -2.14. The van der Waals surface area contributed by atoms with E-state index in [0.29, 0.717) is 28.5 Å². The molecule has 0 saturated carbocycles. The zero-order valence-corrected chi connectivity index (χ0v) is 19.3. The Hall–Kier alpha value is -2.78. The lowest BCUT2D eigenvalue weighted by molar-refractivity contribution is 0.102. The van der Waals surface area contributed by atoms with E-state index in [2.05, 4.69) is 26.0 Å². The molecule has 1 heterocycles. The number of furan rings is 1. The Kier molecular flexibility index (Phi) is 6.23. The fourth-order valence-electron chi connectivity index (χ4n) is 3.01. The summed E-state index contributed by atoms with van der Waals surface area (Å²) in [6.45, 7) is 5.29. The third kappa shape index (κ3) is 4.52. The number of amides is 1. The highest BCUT2D eigenvalue weighted by Crippen LogP contribution is 2.30. The molecule has 0 spiro atoms. The molecule has 158 valence electrons. The van der Waals surface area contributed by atoms with Gasteiger partial charge in [0.1, 0.15) is 22.2 Å². The van der Waals surface area contributed by atoms with Crippen molar-refractivity contribution in [3.8, 4) is 5.75 Å². The number of benzene rings is 2. The van der Waals surface area contributed by atoms with Gasteiger partial charge in [0, 0.05) is 21.4 Å². The highest BCUT2D eigenvalue weighted by molar-refractivity contribution is 9.10. The molecular formula is C21H21BrN2O5S. The van der Waals surface area contributed by atoms with Gasteiger partial charge in [0.2, 0.25) is 0 Å². The van der Waals surface area contributed by atoms with E-state index in [-0.39, 0.29) is 16.6 Å². The van der Waals surface area contributed by atoms with Crippen molar-refractivity contribution in [1.29, 1.82) is 0 Å². The maximum Gasteiger partial charge on any atom is 0.265 e. The summed E-state index contributed by atoms with van der Waals surface area (Å²) in [5.41, 5.74) is 1.88. The molecule has 0 radical (unpaired) electrons. The van der Waals surface area contributed by atoms with Crippen LogP contribution in [0.5, 0.6) is 5.75 Å². The first-order valence-electron chi connectivity index (χ1n) is 8.96. The number of carbonyl (C=O) groups excluding carboxylic acids is 1. The molecule has 0 atom stereocenters. The molecule has 2 N–H and O–H groups in total. The summed E-state index contributed by atoms with van der Waals surface area (Å²) in [5.74, 6) is 0.940. The van der Waals surface area contributed by atoms with Crippen LogP contribution in [0.15, 0.2) is 56.2 Å². The number of carbonyl (C=O) groups is 1. The summed E-state index contributed by atoms with van der Waals surface area (Å²) in [6.07, 6.45) is 0. The smallest absolute Gasteiger partial charge is 0.265 e. The van der Waals surface area contributed by atoms with E-state index >= 15 is 0 Å². The van der Waals surface area contributed by atoms with Gasteiger partial charge in [-0.2, -0.15) is 0 Å². The summed E-state index contributed by atoms with van der Waals surface area (Å²) in [5, 5.41) is 2.74. The Morgan fingerprint density at radius 2 is 1.63 bits per heavy atom. The number of hydrogen-bond acceptors (Lipinski definition) is 5. The van der Waals surface area contributed by atoms with Crippen LogP contribution in [0.1, 0.15) is 27.4 Å². The number of nitrogens with one attached hydrogen (secondary N) is 2. The second-order valence-electron chi connectivity index (χ2n) is 6.65. The van der Waals surface area contributed by atoms with E-state index in [4.69, 9.17) is 9.15 Å². The molecular weight excluding hydrogens is 472 g/mol. The molecule has 30 heavy (non-hydrogen) atoms. The van der Waals surface area contributed by atoms with Gasteiger partial charge in [-0.3, -0.25) is 9.52 Å². The first-order chi connectivity index (χ1) is 14.1. The molecule has 3 aromatic rings. The molecule has 3 rings (SSSR count). The van der Waals surface area contributed by atoms with Gasteiger partial charge in [0.15, 0.2) is 0 Å². The summed E-state index contributed by atoms with van der Waals surface area (Å²) in [4.78, 5) is 12.6. The van der Waals surface area contributed by atoms with Crippen LogP contribution >= 0.6 is 15.9 Å². The Morgan fingerprint density at radius 1 is 1.00 bits per heavy atom. The molecule has 2 aromatic carbocycles. The fourth-order valence-corrected chi connectivity index (χ4v) is 4.53. The number of aryl methyl sites for hydroxylation is 2. The van der Waals surface area contributed by atoms with Crippen molar-refractivity contribution in [3.05, 3.63) is 69.6 Å². The molecule has 0 unspecified atom stereocenters. The minimum Gasteiger partial charge on any atom is -0.495 e. The van der Waals surface area contributed by atoms with E-state index < -0.39 is 10.0 Å². The Balaban J connectivity index is 1.93. The first-order valence-corrected chi connectivity index (χ1v) is 11.2. The van der Waals surface area contributed by atoms with Crippen LogP contribution < -0.4 is 14.8 Å². The molecule has 1 amide bonds. The van der Waals surface area contributed by atoms with Crippen LogP contribution in [0, 0.1) is 20.8 Å². The molecule has 0 aliphatic carbocycles. The summed E-state index contributed by atoms with van der Waals surface area (Å²) in [7, 11) is -2.58. The summed E-state index contributed by atoms with van der Waals surface area (Å²) >= 11 is 3.31. The molecule has 0 aliphatic heterocycles. The maximum absolute atomic E-state index is 13.0. The molecule has 9 heteroatoms. The second-order valence-corrected chi connectivity index (χ2v) is 9.21. The van der Waals surface area contributed by atoms with Crippen molar-refractivity contribution in [2.24, 2.45) is 0 Å². The second kappa shape index (κ2) is 8.53. The molecule has 0 fully saturated rings. The van der Waals surface area contributed by atoms with Gasteiger partial charge < -0.3 is 14.5 Å². The Bertz CT molecular complexity index is 1200. The van der Waals surface area contributed by atoms with Gasteiger partial charge in [0.25, 0.3) is 15.9 Å². The Labute approximate surface area is 183 Å².